The van der Waals surface area contributed by atoms with E-state index in [4.69, 9.17) is 22.1 Å². The summed E-state index contributed by atoms with van der Waals surface area (Å²) in [7, 11) is 0. The normalized spacial score (nSPS) is 12.4. The Labute approximate surface area is 104 Å². The molecule has 0 bridgehead atoms. The standard InChI is InChI=1S/C12H12ClNOS/c1-8(12-3-2-6-16-12)15-11-7-9(13)4-5-10(11)14/h2-8H,14H2,1H3. The number of benzene rings is 1. The molecule has 2 N–H and O–H groups in total. The van der Waals surface area contributed by atoms with Crippen molar-refractivity contribution in [2.45, 2.75) is 13.0 Å². The van der Waals surface area contributed by atoms with Gasteiger partial charge in [-0.15, -0.1) is 11.3 Å². The molecule has 2 aromatic rings. The van der Waals surface area contributed by atoms with Crippen molar-refractivity contribution in [2.75, 3.05) is 5.73 Å². The summed E-state index contributed by atoms with van der Waals surface area (Å²) in [5.41, 5.74) is 6.42. The minimum Gasteiger partial charge on any atom is -0.483 e. The molecule has 1 aromatic carbocycles. The first-order valence-electron chi connectivity index (χ1n) is 4.92. The Kier molecular flexibility index (Phi) is 3.36. The molecule has 1 atom stereocenters. The minimum absolute atomic E-state index is 0.0132. The topological polar surface area (TPSA) is 35.2 Å². The lowest BCUT2D eigenvalue weighted by molar-refractivity contribution is 0.232. The highest BCUT2D eigenvalue weighted by Gasteiger charge is 2.10. The van der Waals surface area contributed by atoms with Crippen molar-refractivity contribution in [1.29, 1.82) is 0 Å². The fourth-order valence-electron chi connectivity index (χ4n) is 1.38. The van der Waals surface area contributed by atoms with Gasteiger partial charge >= 0.3 is 0 Å². The van der Waals surface area contributed by atoms with Gasteiger partial charge in [-0.2, -0.15) is 0 Å². The van der Waals surface area contributed by atoms with Crippen LogP contribution in [0.25, 0.3) is 0 Å². The number of hydrogen-bond acceptors (Lipinski definition) is 3. The maximum Gasteiger partial charge on any atom is 0.144 e. The second kappa shape index (κ2) is 4.76. The lowest BCUT2D eigenvalue weighted by Crippen LogP contribution is -2.03. The van der Waals surface area contributed by atoms with Crippen LogP contribution in [-0.2, 0) is 0 Å². The first-order chi connectivity index (χ1) is 7.66. The zero-order valence-corrected chi connectivity index (χ0v) is 10.4. The quantitative estimate of drug-likeness (QED) is 0.835. The Bertz CT molecular complexity index is 470. The van der Waals surface area contributed by atoms with Gasteiger partial charge in [-0.25, -0.2) is 0 Å². The molecule has 1 aromatic heterocycles. The Morgan fingerprint density at radius 1 is 1.38 bits per heavy atom. The predicted molar refractivity (Wildman–Crippen MR) is 69.2 cm³/mol. The zero-order valence-electron chi connectivity index (χ0n) is 8.81. The predicted octanol–water partition coefficient (Wildman–Crippen LogP) is 4.12. The van der Waals surface area contributed by atoms with Crippen LogP contribution in [-0.4, -0.2) is 0 Å². The van der Waals surface area contributed by atoms with Crippen LogP contribution in [0.5, 0.6) is 5.75 Å². The van der Waals surface area contributed by atoms with E-state index in [1.54, 1.807) is 29.5 Å². The number of anilines is 1. The van der Waals surface area contributed by atoms with E-state index in [0.717, 1.165) is 0 Å². The summed E-state index contributed by atoms with van der Waals surface area (Å²) in [5.74, 6) is 0.633. The molecule has 4 heteroatoms. The van der Waals surface area contributed by atoms with Crippen molar-refractivity contribution >= 4 is 28.6 Å². The number of rotatable bonds is 3. The highest BCUT2D eigenvalue weighted by Crippen LogP contribution is 2.31. The lowest BCUT2D eigenvalue weighted by Gasteiger charge is -2.15. The Morgan fingerprint density at radius 3 is 2.88 bits per heavy atom. The zero-order chi connectivity index (χ0) is 11.5. The molecule has 0 aliphatic carbocycles. The van der Waals surface area contributed by atoms with Crippen LogP contribution in [0.2, 0.25) is 5.02 Å². The van der Waals surface area contributed by atoms with E-state index in [-0.39, 0.29) is 6.10 Å². The molecule has 0 aliphatic rings. The fourth-order valence-corrected chi connectivity index (χ4v) is 2.25. The third-order valence-electron chi connectivity index (χ3n) is 2.22. The van der Waals surface area contributed by atoms with Crippen molar-refractivity contribution in [1.82, 2.24) is 0 Å². The van der Waals surface area contributed by atoms with E-state index in [1.807, 2.05) is 24.4 Å². The van der Waals surface area contributed by atoms with Crippen LogP contribution in [0.1, 0.15) is 17.9 Å². The average Bonchev–Trinajstić information content (AvgIpc) is 2.76. The van der Waals surface area contributed by atoms with Crippen LogP contribution >= 0.6 is 22.9 Å². The molecular formula is C12H12ClNOS. The number of halogens is 1. The first-order valence-corrected chi connectivity index (χ1v) is 6.17. The molecule has 0 fully saturated rings. The molecule has 16 heavy (non-hydrogen) atoms. The second-order valence-electron chi connectivity index (χ2n) is 3.46. The number of thiophene rings is 1. The van der Waals surface area contributed by atoms with Gasteiger partial charge in [0.2, 0.25) is 0 Å². The van der Waals surface area contributed by atoms with Crippen LogP contribution < -0.4 is 10.5 Å². The summed E-state index contributed by atoms with van der Waals surface area (Å²) in [6.07, 6.45) is -0.0132. The van der Waals surface area contributed by atoms with Gasteiger partial charge in [-0.3, -0.25) is 0 Å². The SMILES string of the molecule is CC(Oc1cc(Cl)ccc1N)c1cccs1. The molecule has 0 spiro atoms. The van der Waals surface area contributed by atoms with Crippen LogP contribution in [0.4, 0.5) is 5.69 Å². The summed E-state index contributed by atoms with van der Waals surface area (Å²) in [6, 6.07) is 9.27. The second-order valence-corrected chi connectivity index (χ2v) is 4.87. The molecule has 2 rings (SSSR count). The first kappa shape index (κ1) is 11.3. The Balaban J connectivity index is 2.17. The highest BCUT2D eigenvalue weighted by molar-refractivity contribution is 7.10. The highest BCUT2D eigenvalue weighted by atomic mass is 35.5. The van der Waals surface area contributed by atoms with Crippen molar-refractivity contribution < 1.29 is 4.74 Å². The van der Waals surface area contributed by atoms with Crippen molar-refractivity contribution in [3.63, 3.8) is 0 Å². The van der Waals surface area contributed by atoms with Crippen molar-refractivity contribution in [3.8, 4) is 5.75 Å². The van der Waals surface area contributed by atoms with Crippen molar-refractivity contribution in [2.24, 2.45) is 0 Å². The maximum absolute atomic E-state index is 5.89. The average molecular weight is 254 g/mol. The monoisotopic (exact) mass is 253 g/mol. The van der Waals surface area contributed by atoms with Gasteiger partial charge in [-0.05, 0) is 30.5 Å². The molecule has 2 nitrogen and oxygen atoms in total. The molecule has 0 amide bonds. The molecular weight excluding hydrogens is 242 g/mol. The molecule has 84 valence electrons. The summed E-state index contributed by atoms with van der Waals surface area (Å²) >= 11 is 7.55. The van der Waals surface area contributed by atoms with Gasteiger partial charge in [0, 0.05) is 16.0 Å². The fraction of sp³-hybridized carbons (Fsp3) is 0.167. The summed E-state index contributed by atoms with van der Waals surface area (Å²) in [4.78, 5) is 1.17. The van der Waals surface area contributed by atoms with Gasteiger partial charge in [0.15, 0.2) is 0 Å². The van der Waals surface area contributed by atoms with Gasteiger partial charge in [0.25, 0.3) is 0 Å². The molecule has 1 unspecified atom stereocenters. The van der Waals surface area contributed by atoms with Crippen LogP contribution in [0.3, 0.4) is 0 Å². The lowest BCUT2D eigenvalue weighted by atomic mass is 10.3. The largest absolute Gasteiger partial charge is 0.483 e. The van der Waals surface area contributed by atoms with Gasteiger partial charge < -0.3 is 10.5 Å². The van der Waals surface area contributed by atoms with Crippen molar-refractivity contribution in [3.05, 3.63) is 45.6 Å². The summed E-state index contributed by atoms with van der Waals surface area (Å²) < 4.78 is 5.77. The van der Waals surface area contributed by atoms with E-state index in [9.17, 15) is 0 Å². The third kappa shape index (κ3) is 2.49. The molecule has 1 heterocycles. The van der Waals surface area contributed by atoms with E-state index in [2.05, 4.69) is 0 Å². The summed E-state index contributed by atoms with van der Waals surface area (Å²) in [5, 5.41) is 2.65. The molecule has 0 saturated carbocycles. The van der Waals surface area contributed by atoms with Gasteiger partial charge in [0.05, 0.1) is 5.69 Å². The van der Waals surface area contributed by atoms with Gasteiger partial charge in [-0.1, -0.05) is 17.7 Å². The van der Waals surface area contributed by atoms with Crippen LogP contribution in [0.15, 0.2) is 35.7 Å². The number of ether oxygens (including phenoxy) is 1. The van der Waals surface area contributed by atoms with Crippen LogP contribution in [0, 0.1) is 0 Å². The third-order valence-corrected chi connectivity index (χ3v) is 3.49. The Morgan fingerprint density at radius 2 is 2.19 bits per heavy atom. The van der Waals surface area contributed by atoms with Gasteiger partial charge in [0.1, 0.15) is 11.9 Å². The van der Waals surface area contributed by atoms with E-state index < -0.39 is 0 Å². The molecule has 0 saturated heterocycles. The minimum atomic E-state index is -0.0132. The van der Waals surface area contributed by atoms with E-state index >= 15 is 0 Å². The number of nitrogens with two attached hydrogens (primary N) is 1. The molecule has 0 radical (unpaired) electrons. The van der Waals surface area contributed by atoms with E-state index in [1.165, 1.54) is 4.88 Å². The molecule has 0 aliphatic heterocycles. The summed E-state index contributed by atoms with van der Waals surface area (Å²) in [6.45, 7) is 1.99. The Hall–Kier alpha value is -1.19. The number of hydrogen-bond donors (Lipinski definition) is 1. The maximum atomic E-state index is 5.89. The van der Waals surface area contributed by atoms with E-state index in [0.29, 0.717) is 16.5 Å². The smallest absolute Gasteiger partial charge is 0.144 e. The number of nitrogen functional groups attached to an aromatic ring is 1.